The first kappa shape index (κ1) is 11.4. The zero-order valence-corrected chi connectivity index (χ0v) is 9.57. The normalized spacial score (nSPS) is 28.5. The van der Waals surface area contributed by atoms with E-state index >= 15 is 0 Å². The van der Waals surface area contributed by atoms with Crippen molar-refractivity contribution in [1.82, 2.24) is 0 Å². The van der Waals surface area contributed by atoms with Crippen LogP contribution in [-0.2, 0) is 10.2 Å². The first-order valence-corrected chi connectivity index (χ1v) is 5.66. The third-order valence-electron chi connectivity index (χ3n) is 3.39. The van der Waals surface area contributed by atoms with E-state index in [2.05, 4.69) is 0 Å². The van der Waals surface area contributed by atoms with Gasteiger partial charge >= 0.3 is 5.97 Å². The predicted molar refractivity (Wildman–Crippen MR) is 62.5 cm³/mol. The number of carboxylic acid groups (broad SMARTS) is 1. The summed E-state index contributed by atoms with van der Waals surface area (Å²) in [5, 5.41) is 9.94. The number of nitrogens with two attached hydrogens (primary N) is 1. The Morgan fingerprint density at radius 1 is 1.56 bits per heavy atom. The van der Waals surface area contributed by atoms with Crippen molar-refractivity contribution in [3.8, 4) is 0 Å². The first-order chi connectivity index (χ1) is 7.58. The minimum absolute atomic E-state index is 0.315. The molecule has 1 aromatic rings. The van der Waals surface area contributed by atoms with Gasteiger partial charge in [0.15, 0.2) is 0 Å². The molecule has 1 saturated carbocycles. The van der Waals surface area contributed by atoms with Crippen LogP contribution in [0.2, 0.25) is 5.02 Å². The second-order valence-corrected chi connectivity index (χ2v) is 4.84. The van der Waals surface area contributed by atoms with Crippen molar-refractivity contribution in [2.75, 3.05) is 6.54 Å². The highest BCUT2D eigenvalue weighted by molar-refractivity contribution is 6.30. The molecule has 0 spiro atoms. The van der Waals surface area contributed by atoms with Gasteiger partial charge < -0.3 is 10.8 Å². The molecule has 0 aliphatic heterocycles. The van der Waals surface area contributed by atoms with Crippen molar-refractivity contribution in [2.45, 2.75) is 18.3 Å². The quantitative estimate of drug-likeness (QED) is 0.849. The van der Waals surface area contributed by atoms with Crippen molar-refractivity contribution < 1.29 is 9.90 Å². The molecule has 0 heterocycles. The van der Waals surface area contributed by atoms with Gasteiger partial charge in [-0.15, -0.1) is 0 Å². The van der Waals surface area contributed by atoms with Gasteiger partial charge in [0.1, 0.15) is 0 Å². The third-order valence-corrected chi connectivity index (χ3v) is 3.63. The fourth-order valence-electron chi connectivity index (χ4n) is 2.41. The van der Waals surface area contributed by atoms with E-state index in [4.69, 9.17) is 17.3 Å². The van der Waals surface area contributed by atoms with Crippen molar-refractivity contribution in [2.24, 2.45) is 11.7 Å². The molecule has 4 heteroatoms. The Kier molecular flexibility index (Phi) is 2.91. The molecule has 3 nitrogen and oxygen atoms in total. The van der Waals surface area contributed by atoms with E-state index in [1.54, 1.807) is 18.2 Å². The number of rotatable bonds is 3. The second-order valence-electron chi connectivity index (χ2n) is 4.41. The maximum Gasteiger partial charge on any atom is 0.314 e. The van der Waals surface area contributed by atoms with E-state index in [1.807, 2.05) is 6.07 Å². The molecule has 1 aliphatic rings. The maximum absolute atomic E-state index is 11.4. The standard InChI is InChI=1S/C12H14ClNO2/c13-10-3-1-2-9(4-10)12(11(15)16)5-8(6-12)7-14/h1-4,8H,5-7,14H2,(H,15,16). The van der Waals surface area contributed by atoms with E-state index in [-0.39, 0.29) is 0 Å². The smallest absolute Gasteiger partial charge is 0.314 e. The number of aliphatic carboxylic acids is 1. The molecule has 3 N–H and O–H groups in total. The molecule has 0 bridgehead atoms. The molecule has 1 aromatic carbocycles. The van der Waals surface area contributed by atoms with Crippen LogP contribution in [0.15, 0.2) is 24.3 Å². The topological polar surface area (TPSA) is 63.3 Å². The van der Waals surface area contributed by atoms with Crippen LogP contribution < -0.4 is 5.73 Å². The highest BCUT2D eigenvalue weighted by Gasteiger charge is 2.51. The SMILES string of the molecule is NCC1CC(C(=O)O)(c2cccc(Cl)c2)C1. The van der Waals surface area contributed by atoms with Gasteiger partial charge in [0, 0.05) is 5.02 Å². The summed E-state index contributed by atoms with van der Waals surface area (Å²) in [7, 11) is 0. The molecule has 0 aromatic heterocycles. The molecule has 86 valence electrons. The minimum Gasteiger partial charge on any atom is -0.481 e. The van der Waals surface area contributed by atoms with Gasteiger partial charge in [-0.25, -0.2) is 0 Å². The lowest BCUT2D eigenvalue weighted by atomic mass is 9.58. The van der Waals surface area contributed by atoms with Gasteiger partial charge in [-0.1, -0.05) is 23.7 Å². The van der Waals surface area contributed by atoms with E-state index in [1.165, 1.54) is 0 Å². The van der Waals surface area contributed by atoms with Crippen LogP contribution in [0.5, 0.6) is 0 Å². The lowest BCUT2D eigenvalue weighted by molar-refractivity contribution is -0.149. The van der Waals surface area contributed by atoms with Gasteiger partial charge in [-0.05, 0) is 43.0 Å². The molecule has 0 atom stereocenters. The lowest BCUT2D eigenvalue weighted by Crippen LogP contribution is -2.49. The van der Waals surface area contributed by atoms with Crippen LogP contribution in [0.25, 0.3) is 0 Å². The van der Waals surface area contributed by atoms with Gasteiger partial charge in [-0.3, -0.25) is 4.79 Å². The summed E-state index contributed by atoms with van der Waals surface area (Å²) in [6.07, 6.45) is 1.22. The third kappa shape index (κ3) is 1.70. The zero-order valence-electron chi connectivity index (χ0n) is 8.82. The number of carboxylic acids is 1. The number of carbonyl (C=O) groups is 1. The van der Waals surface area contributed by atoms with E-state index in [9.17, 15) is 9.90 Å². The van der Waals surface area contributed by atoms with Gasteiger partial charge in [0.05, 0.1) is 5.41 Å². The number of hydrogen-bond donors (Lipinski definition) is 2. The summed E-state index contributed by atoms with van der Waals surface area (Å²) in [6, 6.07) is 7.10. The van der Waals surface area contributed by atoms with E-state index in [0.717, 1.165) is 5.56 Å². The summed E-state index contributed by atoms with van der Waals surface area (Å²) >= 11 is 5.89. The first-order valence-electron chi connectivity index (χ1n) is 5.28. The predicted octanol–water partition coefficient (Wildman–Crippen LogP) is 2.03. The number of halogens is 1. The van der Waals surface area contributed by atoms with Crippen LogP contribution in [0.1, 0.15) is 18.4 Å². The molecular formula is C12H14ClNO2. The molecular weight excluding hydrogens is 226 g/mol. The number of benzene rings is 1. The van der Waals surface area contributed by atoms with Gasteiger partial charge in [0.2, 0.25) is 0 Å². The van der Waals surface area contributed by atoms with Crippen molar-refractivity contribution in [3.05, 3.63) is 34.9 Å². The highest BCUT2D eigenvalue weighted by Crippen LogP contribution is 2.48. The highest BCUT2D eigenvalue weighted by atomic mass is 35.5. The fraction of sp³-hybridized carbons (Fsp3) is 0.417. The van der Waals surface area contributed by atoms with Crippen molar-refractivity contribution in [3.63, 3.8) is 0 Å². The van der Waals surface area contributed by atoms with Crippen LogP contribution in [0.4, 0.5) is 0 Å². The average molecular weight is 240 g/mol. The Morgan fingerprint density at radius 2 is 2.25 bits per heavy atom. The fourth-order valence-corrected chi connectivity index (χ4v) is 2.60. The molecule has 16 heavy (non-hydrogen) atoms. The molecule has 1 fully saturated rings. The summed E-state index contributed by atoms with van der Waals surface area (Å²) in [5.74, 6) is -0.463. The molecule has 1 aliphatic carbocycles. The average Bonchev–Trinajstić information content (AvgIpc) is 2.16. The molecule has 2 rings (SSSR count). The lowest BCUT2D eigenvalue weighted by Gasteiger charge is -2.44. The van der Waals surface area contributed by atoms with Crippen molar-refractivity contribution >= 4 is 17.6 Å². The molecule has 0 unspecified atom stereocenters. The minimum atomic E-state index is -0.778. The van der Waals surface area contributed by atoms with E-state index < -0.39 is 11.4 Å². The Hall–Kier alpha value is -1.06. The van der Waals surface area contributed by atoms with Gasteiger partial charge in [0.25, 0.3) is 0 Å². The van der Waals surface area contributed by atoms with Crippen LogP contribution in [-0.4, -0.2) is 17.6 Å². The van der Waals surface area contributed by atoms with Gasteiger partial charge in [-0.2, -0.15) is 0 Å². The van der Waals surface area contributed by atoms with Crippen LogP contribution in [0.3, 0.4) is 0 Å². The summed E-state index contributed by atoms with van der Waals surface area (Å²) < 4.78 is 0. The van der Waals surface area contributed by atoms with Crippen molar-refractivity contribution in [1.29, 1.82) is 0 Å². The zero-order chi connectivity index (χ0) is 11.8. The van der Waals surface area contributed by atoms with Crippen LogP contribution >= 0.6 is 11.6 Å². The Labute approximate surface area is 99.2 Å². The monoisotopic (exact) mass is 239 g/mol. The maximum atomic E-state index is 11.4. The Balaban J connectivity index is 2.32. The molecule has 0 saturated heterocycles. The molecule has 0 amide bonds. The molecule has 0 radical (unpaired) electrons. The largest absolute Gasteiger partial charge is 0.481 e. The van der Waals surface area contributed by atoms with E-state index in [0.29, 0.717) is 30.3 Å². The summed E-state index contributed by atoms with van der Waals surface area (Å²) in [5.41, 5.74) is 5.56. The second kappa shape index (κ2) is 4.07. The Morgan fingerprint density at radius 3 is 2.75 bits per heavy atom. The Bertz CT molecular complexity index is 413. The van der Waals surface area contributed by atoms with Crippen LogP contribution in [0, 0.1) is 5.92 Å². The number of hydrogen-bond acceptors (Lipinski definition) is 2. The summed E-state index contributed by atoms with van der Waals surface area (Å²) in [6.45, 7) is 0.551. The summed E-state index contributed by atoms with van der Waals surface area (Å²) in [4.78, 5) is 11.4.